The number of hydrogen-bond donors (Lipinski definition) is 0. The zero-order valence-electron chi connectivity index (χ0n) is 16.0. The number of carbonyl (C=O) groups excluding carboxylic acids is 4. The number of anilines is 2. The highest BCUT2D eigenvalue weighted by atomic mass is 16.5. The van der Waals surface area contributed by atoms with E-state index in [2.05, 4.69) is 0 Å². The van der Waals surface area contributed by atoms with Gasteiger partial charge in [-0.3, -0.25) is 19.3 Å². The monoisotopic (exact) mass is 392 g/mol. The number of hydrogen-bond acceptors (Lipinski definition) is 5. The molecule has 2 aliphatic heterocycles. The average Bonchev–Trinajstić information content (AvgIpc) is 3.23. The van der Waals surface area contributed by atoms with E-state index >= 15 is 0 Å². The van der Waals surface area contributed by atoms with E-state index in [1.807, 2.05) is 31.2 Å². The number of carbonyl (C=O) groups is 4. The van der Waals surface area contributed by atoms with Gasteiger partial charge in [-0.15, -0.1) is 0 Å². The highest BCUT2D eigenvalue weighted by Gasteiger charge is 2.32. The molecule has 7 heteroatoms. The van der Waals surface area contributed by atoms with Crippen molar-refractivity contribution in [3.05, 3.63) is 59.7 Å². The van der Waals surface area contributed by atoms with Gasteiger partial charge in [0.05, 0.1) is 11.3 Å². The second-order valence-electron chi connectivity index (χ2n) is 7.19. The van der Waals surface area contributed by atoms with Crippen molar-refractivity contribution >= 4 is 35.1 Å². The fourth-order valence-electron chi connectivity index (χ4n) is 3.86. The van der Waals surface area contributed by atoms with Crippen LogP contribution in [0.4, 0.5) is 11.4 Å². The van der Waals surface area contributed by atoms with Crippen molar-refractivity contribution in [1.29, 1.82) is 0 Å². The van der Waals surface area contributed by atoms with Crippen molar-refractivity contribution in [2.24, 2.45) is 0 Å². The molecule has 2 aromatic carbocycles. The number of imide groups is 1. The quantitative estimate of drug-likeness (QED) is 0.590. The van der Waals surface area contributed by atoms with Crippen LogP contribution in [0.15, 0.2) is 48.5 Å². The molecule has 148 valence electrons. The highest BCUT2D eigenvalue weighted by molar-refractivity contribution is 6.20. The molecule has 4 rings (SSSR count). The first-order valence-corrected chi connectivity index (χ1v) is 9.48. The summed E-state index contributed by atoms with van der Waals surface area (Å²) in [5.41, 5.74) is 2.44. The van der Waals surface area contributed by atoms with Crippen LogP contribution < -0.4 is 9.80 Å². The van der Waals surface area contributed by atoms with Gasteiger partial charge in [-0.1, -0.05) is 24.3 Å². The topological polar surface area (TPSA) is 84.0 Å². The number of esters is 1. The summed E-state index contributed by atoms with van der Waals surface area (Å²) in [6.45, 7) is 1.57. The van der Waals surface area contributed by atoms with E-state index in [4.69, 9.17) is 4.74 Å². The number of amides is 3. The van der Waals surface area contributed by atoms with Crippen LogP contribution in [0.1, 0.15) is 35.7 Å². The maximum Gasteiger partial charge on any atom is 0.338 e. The molecule has 2 heterocycles. The molecule has 3 amide bonds. The van der Waals surface area contributed by atoms with Crippen LogP contribution >= 0.6 is 0 Å². The lowest BCUT2D eigenvalue weighted by molar-refractivity contribution is -0.122. The van der Waals surface area contributed by atoms with Gasteiger partial charge in [0.15, 0.2) is 6.61 Å². The normalized spacial score (nSPS) is 18.2. The molecular weight excluding hydrogens is 372 g/mol. The summed E-state index contributed by atoms with van der Waals surface area (Å²) < 4.78 is 5.22. The molecule has 0 spiro atoms. The van der Waals surface area contributed by atoms with Gasteiger partial charge in [-0.25, -0.2) is 4.79 Å². The maximum atomic E-state index is 12.7. The molecule has 7 nitrogen and oxygen atoms in total. The molecule has 0 unspecified atom stereocenters. The van der Waals surface area contributed by atoms with Gasteiger partial charge in [0, 0.05) is 24.6 Å². The number of fused-ring (bicyclic) bond motifs is 1. The Bertz CT molecular complexity index is 1000. The maximum absolute atomic E-state index is 12.7. The van der Waals surface area contributed by atoms with Crippen LogP contribution in [0.2, 0.25) is 0 Å². The van der Waals surface area contributed by atoms with E-state index < -0.39 is 5.97 Å². The molecule has 0 aromatic heterocycles. The van der Waals surface area contributed by atoms with Crippen molar-refractivity contribution in [1.82, 2.24) is 0 Å². The minimum Gasteiger partial charge on any atom is -0.452 e. The van der Waals surface area contributed by atoms with Crippen LogP contribution in [0.3, 0.4) is 0 Å². The lowest BCUT2D eigenvalue weighted by Gasteiger charge is -2.22. The van der Waals surface area contributed by atoms with E-state index in [9.17, 15) is 19.2 Å². The molecule has 1 atom stereocenters. The minimum absolute atomic E-state index is 0.00544. The fourth-order valence-corrected chi connectivity index (χ4v) is 3.86. The summed E-state index contributed by atoms with van der Waals surface area (Å²) in [7, 11) is 0. The van der Waals surface area contributed by atoms with Crippen LogP contribution in [-0.2, 0) is 25.5 Å². The second kappa shape index (κ2) is 7.50. The predicted molar refractivity (Wildman–Crippen MR) is 106 cm³/mol. The van der Waals surface area contributed by atoms with Crippen molar-refractivity contribution in [3.63, 3.8) is 0 Å². The first-order valence-electron chi connectivity index (χ1n) is 9.48. The third kappa shape index (κ3) is 3.51. The minimum atomic E-state index is -0.681. The van der Waals surface area contributed by atoms with Crippen LogP contribution in [0.5, 0.6) is 0 Å². The van der Waals surface area contributed by atoms with Gasteiger partial charge in [-0.2, -0.15) is 0 Å². The summed E-state index contributed by atoms with van der Waals surface area (Å²) in [4.78, 5) is 51.6. The van der Waals surface area contributed by atoms with Crippen LogP contribution in [0, 0.1) is 0 Å². The largest absolute Gasteiger partial charge is 0.452 e. The number of para-hydroxylation sites is 1. The number of benzene rings is 2. The summed E-state index contributed by atoms with van der Waals surface area (Å²) in [6, 6.07) is 13.8. The highest BCUT2D eigenvalue weighted by Crippen LogP contribution is 2.31. The molecule has 1 saturated heterocycles. The third-order valence-corrected chi connectivity index (χ3v) is 5.19. The van der Waals surface area contributed by atoms with Gasteiger partial charge in [0.2, 0.25) is 11.8 Å². The zero-order chi connectivity index (χ0) is 20.5. The van der Waals surface area contributed by atoms with Gasteiger partial charge in [-0.05, 0) is 43.2 Å². The fraction of sp³-hybridized carbons (Fsp3) is 0.273. The van der Waals surface area contributed by atoms with Crippen molar-refractivity contribution in [2.75, 3.05) is 16.4 Å². The van der Waals surface area contributed by atoms with E-state index in [1.165, 1.54) is 12.1 Å². The molecule has 0 aliphatic carbocycles. The molecule has 1 fully saturated rings. The van der Waals surface area contributed by atoms with Crippen molar-refractivity contribution in [3.8, 4) is 0 Å². The lowest BCUT2D eigenvalue weighted by Crippen LogP contribution is -2.38. The predicted octanol–water partition coefficient (Wildman–Crippen LogP) is 2.47. The number of rotatable bonds is 4. The van der Waals surface area contributed by atoms with Crippen LogP contribution in [-0.4, -0.2) is 36.3 Å². The molecule has 0 N–H and O–H groups in total. The molecule has 0 saturated carbocycles. The molecule has 2 aromatic rings. The number of nitrogens with zero attached hydrogens (tertiary/aromatic N) is 2. The Hall–Kier alpha value is -3.48. The zero-order valence-corrected chi connectivity index (χ0v) is 16.0. The van der Waals surface area contributed by atoms with Gasteiger partial charge in [0.1, 0.15) is 0 Å². The first-order chi connectivity index (χ1) is 14.0. The molecule has 2 aliphatic rings. The molecule has 0 bridgehead atoms. The van der Waals surface area contributed by atoms with Crippen LogP contribution in [0.25, 0.3) is 0 Å². The Morgan fingerprint density at radius 2 is 1.76 bits per heavy atom. The smallest absolute Gasteiger partial charge is 0.338 e. The summed E-state index contributed by atoms with van der Waals surface area (Å²) >= 11 is 0. The lowest BCUT2D eigenvalue weighted by atomic mass is 10.1. The van der Waals surface area contributed by atoms with E-state index in [0.29, 0.717) is 5.69 Å². The Labute approximate surface area is 167 Å². The molecule has 29 heavy (non-hydrogen) atoms. The molecular formula is C22H20N2O5. The van der Waals surface area contributed by atoms with Gasteiger partial charge < -0.3 is 9.64 Å². The Kier molecular flexibility index (Phi) is 4.88. The molecule has 0 radical (unpaired) electrons. The summed E-state index contributed by atoms with van der Waals surface area (Å²) in [5, 5.41) is 0. The van der Waals surface area contributed by atoms with E-state index in [-0.39, 0.29) is 48.8 Å². The van der Waals surface area contributed by atoms with E-state index in [0.717, 1.165) is 22.6 Å². The number of ether oxygens (including phenoxy) is 1. The van der Waals surface area contributed by atoms with Gasteiger partial charge in [0.25, 0.3) is 5.91 Å². The van der Waals surface area contributed by atoms with E-state index in [1.54, 1.807) is 17.0 Å². The third-order valence-electron chi connectivity index (χ3n) is 5.19. The Balaban J connectivity index is 1.44. The second-order valence-corrected chi connectivity index (χ2v) is 7.19. The Morgan fingerprint density at radius 1 is 1.03 bits per heavy atom. The van der Waals surface area contributed by atoms with Crippen molar-refractivity contribution in [2.45, 2.75) is 32.2 Å². The average molecular weight is 392 g/mol. The first kappa shape index (κ1) is 18.9. The SMILES string of the molecule is C[C@H]1Cc2ccccc2N1C(=O)COC(=O)c1cccc(N2C(=O)CCC2=O)c1. The van der Waals surface area contributed by atoms with Gasteiger partial charge >= 0.3 is 5.97 Å². The summed E-state index contributed by atoms with van der Waals surface area (Å²) in [5.74, 6) is -1.56. The summed E-state index contributed by atoms with van der Waals surface area (Å²) in [6.07, 6.45) is 1.09. The van der Waals surface area contributed by atoms with Crippen molar-refractivity contribution < 1.29 is 23.9 Å². The standard InChI is InChI=1S/C22H20N2O5/c1-14-11-15-5-2-3-8-18(15)23(14)21(27)13-29-22(28)16-6-4-7-17(12-16)24-19(25)9-10-20(24)26/h2-8,12,14H,9-11,13H2,1H3/t14-/m0/s1. The Morgan fingerprint density at radius 3 is 2.52 bits per heavy atom.